The Morgan fingerprint density at radius 1 is 1.19 bits per heavy atom. The van der Waals surface area contributed by atoms with Gasteiger partial charge in [0.05, 0.1) is 11.4 Å². The summed E-state index contributed by atoms with van der Waals surface area (Å²) in [6, 6.07) is 7.80. The van der Waals surface area contributed by atoms with E-state index in [1.165, 1.54) is 37.4 Å². The summed E-state index contributed by atoms with van der Waals surface area (Å²) >= 11 is 1.54. The van der Waals surface area contributed by atoms with Crippen molar-refractivity contribution in [3.63, 3.8) is 0 Å². The number of nitrogens with zero attached hydrogens (tertiary/aromatic N) is 2. The lowest BCUT2D eigenvalue weighted by Gasteiger charge is -2.40. The third kappa shape index (κ3) is 4.23. The van der Waals surface area contributed by atoms with Crippen LogP contribution in [0, 0.1) is 0 Å². The predicted molar refractivity (Wildman–Crippen MR) is 107 cm³/mol. The Morgan fingerprint density at radius 2 is 1.88 bits per heavy atom. The average Bonchev–Trinajstić information content (AvgIpc) is 2.89. The van der Waals surface area contributed by atoms with Gasteiger partial charge in [0, 0.05) is 17.0 Å². The molecule has 6 heteroatoms. The first kappa shape index (κ1) is 19.2. The molecular weight excluding hydrogens is 346 g/mol. The molecule has 0 spiro atoms. The zero-order valence-electron chi connectivity index (χ0n) is 15.8. The molecule has 142 valence electrons. The van der Waals surface area contributed by atoms with Crippen LogP contribution in [0.5, 0.6) is 0 Å². The second-order valence-electron chi connectivity index (χ2n) is 7.55. The van der Waals surface area contributed by atoms with Crippen LogP contribution in [-0.4, -0.2) is 55.2 Å². The summed E-state index contributed by atoms with van der Waals surface area (Å²) in [5, 5.41) is 3.12. The highest BCUT2D eigenvalue weighted by molar-refractivity contribution is 8.00. The molecule has 1 aliphatic carbocycles. The second kappa shape index (κ2) is 8.44. The van der Waals surface area contributed by atoms with Gasteiger partial charge in [0.15, 0.2) is 0 Å². The van der Waals surface area contributed by atoms with E-state index in [9.17, 15) is 9.59 Å². The van der Waals surface area contributed by atoms with Gasteiger partial charge in [-0.2, -0.15) is 0 Å². The van der Waals surface area contributed by atoms with E-state index in [0.29, 0.717) is 12.3 Å². The molecule has 1 fully saturated rings. The van der Waals surface area contributed by atoms with E-state index in [4.69, 9.17) is 0 Å². The number of para-hydroxylation sites is 1. The van der Waals surface area contributed by atoms with Crippen LogP contribution < -0.4 is 10.2 Å². The minimum atomic E-state index is -0.0782. The van der Waals surface area contributed by atoms with Crippen LogP contribution in [-0.2, 0) is 9.59 Å². The highest BCUT2D eigenvalue weighted by atomic mass is 32.2. The maximum Gasteiger partial charge on any atom is 0.240 e. The fourth-order valence-electron chi connectivity index (χ4n) is 3.96. The van der Waals surface area contributed by atoms with Crippen molar-refractivity contribution in [1.29, 1.82) is 0 Å². The highest BCUT2D eigenvalue weighted by Crippen LogP contribution is 2.35. The molecule has 3 rings (SSSR count). The van der Waals surface area contributed by atoms with Gasteiger partial charge >= 0.3 is 0 Å². The molecule has 1 aliphatic heterocycles. The minimum Gasteiger partial charge on any atom is -0.353 e. The van der Waals surface area contributed by atoms with Crippen LogP contribution in [0.1, 0.15) is 38.5 Å². The number of hydrogen-bond acceptors (Lipinski definition) is 4. The maximum absolute atomic E-state index is 12.6. The van der Waals surface area contributed by atoms with Gasteiger partial charge in [-0.15, -0.1) is 11.8 Å². The summed E-state index contributed by atoms with van der Waals surface area (Å²) in [6.07, 6.45) is 7.21. The van der Waals surface area contributed by atoms with E-state index < -0.39 is 0 Å². The molecule has 1 saturated carbocycles. The number of benzene rings is 1. The van der Waals surface area contributed by atoms with Crippen molar-refractivity contribution >= 4 is 29.3 Å². The molecule has 5 nitrogen and oxygen atoms in total. The molecule has 1 heterocycles. The summed E-state index contributed by atoms with van der Waals surface area (Å²) in [7, 11) is 4.22. The lowest BCUT2D eigenvalue weighted by molar-refractivity contribution is -0.123. The Labute approximate surface area is 160 Å². The Kier molecular flexibility index (Phi) is 6.24. The Morgan fingerprint density at radius 3 is 2.58 bits per heavy atom. The lowest BCUT2D eigenvalue weighted by Crippen LogP contribution is -2.54. The SMILES string of the molecule is CN(C)C1(CNC(=O)CN2C(=O)CSc3ccccc32)CCCCCC1. The van der Waals surface area contributed by atoms with Crippen LogP contribution in [0.15, 0.2) is 29.2 Å². The van der Waals surface area contributed by atoms with Gasteiger partial charge in [0.1, 0.15) is 6.54 Å². The first-order chi connectivity index (χ1) is 12.5. The smallest absolute Gasteiger partial charge is 0.240 e. The number of likely N-dealkylation sites (N-methyl/N-ethyl adjacent to an activating group) is 1. The Bertz CT molecular complexity index is 654. The zero-order chi connectivity index (χ0) is 18.6. The highest BCUT2D eigenvalue weighted by Gasteiger charge is 2.34. The number of carbonyl (C=O) groups is 2. The van der Waals surface area contributed by atoms with Crippen molar-refractivity contribution in [1.82, 2.24) is 10.2 Å². The van der Waals surface area contributed by atoms with E-state index in [2.05, 4.69) is 24.3 Å². The summed E-state index contributed by atoms with van der Waals surface area (Å²) in [4.78, 5) is 29.9. The van der Waals surface area contributed by atoms with Gasteiger partial charge in [-0.3, -0.25) is 9.59 Å². The van der Waals surface area contributed by atoms with E-state index in [-0.39, 0.29) is 23.9 Å². The largest absolute Gasteiger partial charge is 0.353 e. The monoisotopic (exact) mass is 375 g/mol. The van der Waals surface area contributed by atoms with Gasteiger partial charge in [0.25, 0.3) is 0 Å². The molecule has 0 saturated heterocycles. The Balaban J connectivity index is 1.64. The summed E-state index contributed by atoms with van der Waals surface area (Å²) in [5.74, 6) is 0.317. The van der Waals surface area contributed by atoms with E-state index in [1.54, 1.807) is 4.90 Å². The van der Waals surface area contributed by atoms with Crippen molar-refractivity contribution in [3.8, 4) is 0 Å². The topological polar surface area (TPSA) is 52.7 Å². The van der Waals surface area contributed by atoms with Gasteiger partial charge in [-0.05, 0) is 39.1 Å². The first-order valence-electron chi connectivity index (χ1n) is 9.48. The third-order valence-electron chi connectivity index (χ3n) is 5.71. The van der Waals surface area contributed by atoms with E-state index in [0.717, 1.165) is 23.4 Å². The van der Waals surface area contributed by atoms with Gasteiger partial charge in [0.2, 0.25) is 11.8 Å². The number of thioether (sulfide) groups is 1. The summed E-state index contributed by atoms with van der Waals surface area (Å²) in [5.41, 5.74) is 0.881. The van der Waals surface area contributed by atoms with Crippen molar-refractivity contribution in [2.75, 3.05) is 37.8 Å². The molecule has 26 heavy (non-hydrogen) atoms. The molecule has 0 radical (unpaired) electrons. The summed E-state index contributed by atoms with van der Waals surface area (Å²) < 4.78 is 0. The molecule has 2 aliphatic rings. The second-order valence-corrected chi connectivity index (χ2v) is 8.56. The molecule has 0 atom stereocenters. The van der Waals surface area contributed by atoms with Gasteiger partial charge < -0.3 is 15.1 Å². The standard InChI is InChI=1S/C20H29N3O2S/c1-22(2)20(11-7-3-4-8-12-20)15-21-18(24)13-23-16-9-5-6-10-17(16)26-14-19(23)25/h5-6,9-10H,3-4,7-8,11-15H2,1-2H3,(H,21,24). The van der Waals surface area contributed by atoms with Crippen molar-refractivity contribution in [2.24, 2.45) is 0 Å². The molecule has 1 N–H and O–H groups in total. The third-order valence-corrected chi connectivity index (χ3v) is 6.76. The van der Waals surface area contributed by atoms with Crippen LogP contribution in [0.4, 0.5) is 5.69 Å². The molecular formula is C20H29N3O2S. The number of hydrogen-bond donors (Lipinski definition) is 1. The van der Waals surface area contributed by atoms with Crippen LogP contribution >= 0.6 is 11.8 Å². The average molecular weight is 376 g/mol. The first-order valence-corrected chi connectivity index (χ1v) is 10.5. The molecule has 2 amide bonds. The van der Waals surface area contributed by atoms with Crippen molar-refractivity contribution in [3.05, 3.63) is 24.3 Å². The van der Waals surface area contributed by atoms with Crippen LogP contribution in [0.2, 0.25) is 0 Å². The van der Waals surface area contributed by atoms with Gasteiger partial charge in [-0.1, -0.05) is 37.8 Å². The molecule has 1 aromatic carbocycles. The normalized spacial score (nSPS) is 19.8. The van der Waals surface area contributed by atoms with Crippen LogP contribution in [0.3, 0.4) is 0 Å². The van der Waals surface area contributed by atoms with Crippen molar-refractivity contribution in [2.45, 2.75) is 49.0 Å². The summed E-state index contributed by atoms with van der Waals surface area (Å²) in [6.45, 7) is 0.747. The number of anilines is 1. The number of amides is 2. The molecule has 1 aromatic rings. The predicted octanol–water partition coefficient (Wildman–Crippen LogP) is 2.90. The molecule has 0 aromatic heterocycles. The number of fused-ring (bicyclic) bond motifs is 1. The lowest BCUT2D eigenvalue weighted by atomic mass is 9.88. The quantitative estimate of drug-likeness (QED) is 0.804. The van der Waals surface area contributed by atoms with E-state index in [1.807, 2.05) is 24.3 Å². The Hall–Kier alpha value is -1.53. The minimum absolute atomic E-state index is 0.000592. The zero-order valence-corrected chi connectivity index (χ0v) is 16.6. The van der Waals surface area contributed by atoms with Crippen LogP contribution in [0.25, 0.3) is 0 Å². The van der Waals surface area contributed by atoms with Crippen molar-refractivity contribution < 1.29 is 9.59 Å². The molecule has 0 unspecified atom stereocenters. The fraction of sp³-hybridized carbons (Fsp3) is 0.600. The molecule has 0 bridgehead atoms. The fourth-order valence-corrected chi connectivity index (χ4v) is 4.89. The van der Waals surface area contributed by atoms with E-state index >= 15 is 0 Å². The number of carbonyl (C=O) groups excluding carboxylic acids is 2. The number of nitrogens with one attached hydrogen (secondary N) is 1. The van der Waals surface area contributed by atoms with Gasteiger partial charge in [-0.25, -0.2) is 0 Å². The number of rotatable bonds is 5. The maximum atomic E-state index is 12.6.